The van der Waals surface area contributed by atoms with E-state index in [0.29, 0.717) is 0 Å². The Labute approximate surface area is 272 Å². The number of fused-ring (bicyclic) bond motifs is 2. The zero-order chi connectivity index (χ0) is 31.1. The Balaban J connectivity index is 1.39. The fraction of sp³-hybridized carbons (Fsp3) is 0.0667. The Hall–Kier alpha value is -5.66. The van der Waals surface area contributed by atoms with E-state index in [-0.39, 0.29) is 5.41 Å². The lowest BCUT2D eigenvalue weighted by atomic mass is 9.72. The van der Waals surface area contributed by atoms with Gasteiger partial charge in [-0.2, -0.15) is 0 Å². The minimum Gasteiger partial charge on any atom is -0.310 e. The molecule has 1 nitrogen and oxygen atoms in total. The molecule has 1 aliphatic heterocycles. The highest BCUT2D eigenvalue weighted by molar-refractivity contribution is 5.91. The van der Waals surface area contributed by atoms with E-state index >= 15 is 0 Å². The number of benzene rings is 7. The largest absolute Gasteiger partial charge is 0.310 e. The number of nitrogens with zero attached hydrogens (tertiary/aromatic N) is 1. The van der Waals surface area contributed by atoms with Crippen molar-refractivity contribution >= 4 is 17.1 Å². The molecule has 1 aliphatic rings. The van der Waals surface area contributed by atoms with Crippen LogP contribution in [0, 0.1) is 0 Å². The van der Waals surface area contributed by atoms with Crippen LogP contribution in [0.4, 0.5) is 17.1 Å². The molecule has 0 radical (unpaired) electrons. The van der Waals surface area contributed by atoms with Crippen LogP contribution in [-0.2, 0) is 5.41 Å². The molecule has 220 valence electrons. The molecule has 0 aromatic heterocycles. The standard InChI is InChI=1S/C45H35N/c1-45(2)41-30-36(32-15-7-3-8-16-32)23-25-43(41)46(44-26-24-37(31-42(44)45)33-17-9-4-10-18-33)40-28-38(34-19-11-5-12-20-34)27-39(29-40)35-21-13-6-14-22-35/h3-31H,1-2H3. The topological polar surface area (TPSA) is 3.24 Å². The second kappa shape index (κ2) is 11.4. The lowest BCUT2D eigenvalue weighted by molar-refractivity contribution is 0.632. The Kier molecular flexibility index (Phi) is 6.88. The highest BCUT2D eigenvalue weighted by atomic mass is 15.2. The summed E-state index contributed by atoms with van der Waals surface area (Å²) in [6.07, 6.45) is 0. The van der Waals surface area contributed by atoms with Crippen molar-refractivity contribution in [3.8, 4) is 44.5 Å². The number of anilines is 3. The van der Waals surface area contributed by atoms with Gasteiger partial charge >= 0.3 is 0 Å². The molecular formula is C45H35N. The number of rotatable bonds is 5. The molecule has 0 atom stereocenters. The van der Waals surface area contributed by atoms with Gasteiger partial charge in [0.25, 0.3) is 0 Å². The summed E-state index contributed by atoms with van der Waals surface area (Å²) >= 11 is 0. The molecule has 0 fully saturated rings. The SMILES string of the molecule is CC1(C)c2cc(-c3ccccc3)ccc2N(c2cc(-c3ccccc3)cc(-c3ccccc3)c2)c2ccc(-c3ccccc3)cc21. The zero-order valence-corrected chi connectivity index (χ0v) is 26.2. The molecule has 7 aromatic rings. The molecule has 1 heterocycles. The summed E-state index contributed by atoms with van der Waals surface area (Å²) in [5.74, 6) is 0. The Morgan fingerprint density at radius 1 is 0.326 bits per heavy atom. The minimum atomic E-state index is -0.226. The van der Waals surface area contributed by atoms with Crippen LogP contribution >= 0.6 is 0 Å². The van der Waals surface area contributed by atoms with Gasteiger partial charge in [0.1, 0.15) is 0 Å². The van der Waals surface area contributed by atoms with Gasteiger partial charge in [0, 0.05) is 11.1 Å². The van der Waals surface area contributed by atoms with Gasteiger partial charge in [-0.1, -0.05) is 147 Å². The minimum absolute atomic E-state index is 0.226. The number of hydrogen-bond donors (Lipinski definition) is 0. The van der Waals surface area contributed by atoms with E-state index in [9.17, 15) is 0 Å². The molecule has 7 aromatic carbocycles. The molecule has 8 rings (SSSR count). The van der Waals surface area contributed by atoms with Crippen molar-refractivity contribution < 1.29 is 0 Å². The van der Waals surface area contributed by atoms with Crippen LogP contribution in [0.15, 0.2) is 176 Å². The fourth-order valence-electron chi connectivity index (χ4n) is 6.97. The van der Waals surface area contributed by atoms with Crippen molar-refractivity contribution in [3.63, 3.8) is 0 Å². The van der Waals surface area contributed by atoms with Crippen LogP contribution in [0.1, 0.15) is 25.0 Å². The zero-order valence-electron chi connectivity index (χ0n) is 26.2. The Morgan fingerprint density at radius 3 is 1.04 bits per heavy atom. The highest BCUT2D eigenvalue weighted by Crippen LogP contribution is 2.54. The van der Waals surface area contributed by atoms with Crippen molar-refractivity contribution in [1.82, 2.24) is 0 Å². The summed E-state index contributed by atoms with van der Waals surface area (Å²) in [4.78, 5) is 2.48. The lowest BCUT2D eigenvalue weighted by Crippen LogP contribution is -2.30. The van der Waals surface area contributed by atoms with Gasteiger partial charge in [-0.25, -0.2) is 0 Å². The van der Waals surface area contributed by atoms with Crippen molar-refractivity contribution in [3.05, 3.63) is 187 Å². The molecule has 0 N–H and O–H groups in total. The van der Waals surface area contributed by atoms with Gasteiger partial charge in [0.15, 0.2) is 0 Å². The third-order valence-corrected chi connectivity index (χ3v) is 9.43. The highest BCUT2D eigenvalue weighted by Gasteiger charge is 2.37. The van der Waals surface area contributed by atoms with E-state index < -0.39 is 0 Å². The van der Waals surface area contributed by atoms with Gasteiger partial charge in [0.05, 0.1) is 11.4 Å². The molecule has 0 unspecified atom stereocenters. The van der Waals surface area contributed by atoms with E-state index in [1.165, 1.54) is 67.0 Å². The first-order valence-electron chi connectivity index (χ1n) is 16.0. The smallest absolute Gasteiger partial charge is 0.0503 e. The van der Waals surface area contributed by atoms with Crippen molar-refractivity contribution in [2.75, 3.05) is 4.90 Å². The maximum Gasteiger partial charge on any atom is 0.0503 e. The van der Waals surface area contributed by atoms with E-state index in [2.05, 4.69) is 195 Å². The molecule has 0 bridgehead atoms. The third kappa shape index (κ3) is 4.91. The Bertz CT molecular complexity index is 2000. The summed E-state index contributed by atoms with van der Waals surface area (Å²) in [5.41, 5.74) is 15.7. The van der Waals surface area contributed by atoms with Gasteiger partial charge in [0.2, 0.25) is 0 Å². The first-order chi connectivity index (χ1) is 22.6. The molecule has 0 spiro atoms. The molecule has 46 heavy (non-hydrogen) atoms. The van der Waals surface area contributed by atoms with Crippen molar-refractivity contribution in [1.29, 1.82) is 0 Å². The third-order valence-electron chi connectivity index (χ3n) is 9.43. The second-order valence-electron chi connectivity index (χ2n) is 12.7. The van der Waals surface area contributed by atoms with E-state index in [4.69, 9.17) is 0 Å². The van der Waals surface area contributed by atoms with Crippen LogP contribution in [0.2, 0.25) is 0 Å². The Morgan fingerprint density at radius 2 is 0.674 bits per heavy atom. The lowest BCUT2D eigenvalue weighted by Gasteiger charge is -2.43. The monoisotopic (exact) mass is 589 g/mol. The van der Waals surface area contributed by atoms with Crippen molar-refractivity contribution in [2.24, 2.45) is 0 Å². The predicted octanol–water partition coefficient (Wildman–Crippen LogP) is 12.5. The molecule has 0 saturated heterocycles. The normalized spacial score (nSPS) is 13.1. The first-order valence-corrected chi connectivity index (χ1v) is 16.0. The maximum atomic E-state index is 2.48. The van der Waals surface area contributed by atoms with Gasteiger partial charge < -0.3 is 4.90 Å². The van der Waals surface area contributed by atoms with E-state index in [1.807, 2.05) is 0 Å². The average Bonchev–Trinajstić information content (AvgIpc) is 3.13. The fourth-order valence-corrected chi connectivity index (χ4v) is 6.97. The summed E-state index contributed by atoms with van der Waals surface area (Å²) < 4.78 is 0. The average molecular weight is 590 g/mol. The van der Waals surface area contributed by atoms with Gasteiger partial charge in [-0.3, -0.25) is 0 Å². The van der Waals surface area contributed by atoms with Crippen LogP contribution in [0.3, 0.4) is 0 Å². The van der Waals surface area contributed by atoms with E-state index in [1.54, 1.807) is 0 Å². The molecule has 0 saturated carbocycles. The first kappa shape index (κ1) is 27.9. The maximum absolute atomic E-state index is 2.48. The predicted molar refractivity (Wildman–Crippen MR) is 195 cm³/mol. The van der Waals surface area contributed by atoms with Crippen molar-refractivity contribution in [2.45, 2.75) is 19.3 Å². The summed E-state index contributed by atoms with van der Waals surface area (Å²) in [5, 5.41) is 0. The van der Waals surface area contributed by atoms with Crippen LogP contribution < -0.4 is 4.90 Å². The van der Waals surface area contributed by atoms with Gasteiger partial charge in [-0.15, -0.1) is 0 Å². The summed E-state index contributed by atoms with van der Waals surface area (Å²) in [6, 6.07) is 63.9. The molecule has 1 heteroatoms. The van der Waals surface area contributed by atoms with Crippen LogP contribution in [0.25, 0.3) is 44.5 Å². The molecule has 0 amide bonds. The molecular weight excluding hydrogens is 555 g/mol. The van der Waals surface area contributed by atoms with Gasteiger partial charge in [-0.05, 0) is 98.1 Å². The molecule has 0 aliphatic carbocycles. The van der Waals surface area contributed by atoms with Crippen LogP contribution in [0.5, 0.6) is 0 Å². The quantitative estimate of drug-likeness (QED) is 0.193. The number of hydrogen-bond acceptors (Lipinski definition) is 1. The second-order valence-corrected chi connectivity index (χ2v) is 12.7. The van der Waals surface area contributed by atoms with E-state index in [0.717, 1.165) is 5.69 Å². The summed E-state index contributed by atoms with van der Waals surface area (Å²) in [6.45, 7) is 4.75. The van der Waals surface area contributed by atoms with Crippen LogP contribution in [-0.4, -0.2) is 0 Å². The summed E-state index contributed by atoms with van der Waals surface area (Å²) in [7, 11) is 0.